The molecule has 1 aromatic rings. The van der Waals surface area contributed by atoms with Crippen LogP contribution in [0.1, 0.15) is 37.9 Å². The molecular weight excluding hydrogens is 278 g/mol. The lowest BCUT2D eigenvalue weighted by Crippen LogP contribution is -2.22. The number of benzene rings is 1. The average Bonchev–Trinajstić information content (AvgIpc) is 2.34. The molecule has 0 fully saturated rings. The number of rotatable bonds is 7. The van der Waals surface area contributed by atoms with Crippen molar-refractivity contribution in [3.8, 4) is 0 Å². The summed E-state index contributed by atoms with van der Waals surface area (Å²) >= 11 is 3.40. The normalized spacial score (nSPS) is 13.0. The van der Waals surface area contributed by atoms with E-state index in [0.717, 1.165) is 29.5 Å². The van der Waals surface area contributed by atoms with E-state index in [2.05, 4.69) is 34.8 Å². The highest BCUT2D eigenvalue weighted by Crippen LogP contribution is 2.19. The lowest BCUT2D eigenvalue weighted by atomic mass is 10.1. The smallest absolute Gasteiger partial charge is 0.0802 e. The van der Waals surface area contributed by atoms with Gasteiger partial charge in [0.25, 0.3) is 0 Å². The highest BCUT2D eigenvalue weighted by molar-refractivity contribution is 9.10. The summed E-state index contributed by atoms with van der Waals surface area (Å²) in [6.45, 7) is 4.26. The number of unbranched alkanes of at least 4 members (excludes halogenated alkanes) is 1. The maximum absolute atomic E-state index is 10.0. The maximum atomic E-state index is 10.0. The lowest BCUT2D eigenvalue weighted by molar-refractivity contribution is 0.149. The summed E-state index contributed by atoms with van der Waals surface area (Å²) in [5.74, 6) is 0. The van der Waals surface area contributed by atoms with Gasteiger partial charge in [0, 0.05) is 11.0 Å². The Morgan fingerprint density at radius 3 is 2.47 bits per heavy atom. The third-order valence-electron chi connectivity index (χ3n) is 2.93. The molecule has 2 nitrogen and oxygen atoms in total. The first-order valence-corrected chi connectivity index (χ1v) is 7.05. The second-order valence-corrected chi connectivity index (χ2v) is 5.43. The van der Waals surface area contributed by atoms with Gasteiger partial charge < -0.3 is 10.0 Å². The Morgan fingerprint density at radius 1 is 1.24 bits per heavy atom. The molecule has 1 aromatic carbocycles. The molecule has 96 valence electrons. The van der Waals surface area contributed by atoms with E-state index in [4.69, 9.17) is 0 Å². The summed E-state index contributed by atoms with van der Waals surface area (Å²) in [4.78, 5) is 2.28. The molecule has 0 aliphatic carbocycles. The summed E-state index contributed by atoms with van der Waals surface area (Å²) in [5.41, 5.74) is 0.997. The van der Waals surface area contributed by atoms with Crippen LogP contribution in [0.25, 0.3) is 0 Å². The monoisotopic (exact) mass is 299 g/mol. The summed E-state index contributed by atoms with van der Waals surface area (Å²) in [5, 5.41) is 10.0. The van der Waals surface area contributed by atoms with Gasteiger partial charge in [0.2, 0.25) is 0 Å². The summed E-state index contributed by atoms with van der Waals surface area (Å²) in [6, 6.07) is 7.89. The Morgan fingerprint density at radius 2 is 1.88 bits per heavy atom. The minimum atomic E-state index is -0.354. The molecule has 0 aliphatic rings. The van der Waals surface area contributed by atoms with E-state index in [1.807, 2.05) is 24.3 Å². The van der Waals surface area contributed by atoms with Crippen LogP contribution < -0.4 is 0 Å². The zero-order valence-corrected chi connectivity index (χ0v) is 12.3. The van der Waals surface area contributed by atoms with E-state index in [-0.39, 0.29) is 6.10 Å². The molecule has 0 saturated heterocycles. The van der Waals surface area contributed by atoms with Crippen LogP contribution in [0.4, 0.5) is 0 Å². The van der Waals surface area contributed by atoms with E-state index >= 15 is 0 Å². The van der Waals surface area contributed by atoms with Crippen LogP contribution in [0.5, 0.6) is 0 Å². The van der Waals surface area contributed by atoms with E-state index < -0.39 is 0 Å². The van der Waals surface area contributed by atoms with Crippen molar-refractivity contribution in [1.29, 1.82) is 0 Å². The van der Waals surface area contributed by atoms with Crippen molar-refractivity contribution in [3.05, 3.63) is 34.3 Å². The van der Waals surface area contributed by atoms with Gasteiger partial charge in [0.1, 0.15) is 0 Å². The second kappa shape index (κ2) is 7.85. The minimum Gasteiger partial charge on any atom is -0.388 e. The third kappa shape index (κ3) is 5.66. The Balaban J connectivity index is 2.34. The highest BCUT2D eigenvalue weighted by Gasteiger charge is 2.08. The molecular formula is C14H22BrNO. The van der Waals surface area contributed by atoms with Gasteiger partial charge in [-0.05, 0) is 44.1 Å². The number of aliphatic hydroxyl groups is 1. The summed E-state index contributed by atoms with van der Waals surface area (Å²) in [6.07, 6.45) is 2.89. The van der Waals surface area contributed by atoms with Crippen LogP contribution in [0, 0.1) is 0 Å². The Bertz CT molecular complexity index is 313. The van der Waals surface area contributed by atoms with Crippen LogP contribution >= 0.6 is 15.9 Å². The molecule has 1 atom stereocenters. The van der Waals surface area contributed by atoms with E-state index in [1.165, 1.54) is 12.8 Å². The van der Waals surface area contributed by atoms with Crippen LogP contribution in [0.3, 0.4) is 0 Å². The van der Waals surface area contributed by atoms with Crippen molar-refractivity contribution in [2.45, 2.75) is 32.3 Å². The van der Waals surface area contributed by atoms with Crippen LogP contribution in [-0.4, -0.2) is 30.1 Å². The fourth-order valence-corrected chi connectivity index (χ4v) is 2.00. The van der Waals surface area contributed by atoms with E-state index in [9.17, 15) is 5.11 Å². The number of aliphatic hydroxyl groups excluding tert-OH is 1. The molecule has 0 aliphatic heterocycles. The Kier molecular flexibility index (Phi) is 6.78. The molecule has 0 spiro atoms. The minimum absolute atomic E-state index is 0.354. The van der Waals surface area contributed by atoms with Crippen molar-refractivity contribution >= 4 is 15.9 Å². The first-order chi connectivity index (χ1) is 8.13. The molecule has 0 radical (unpaired) electrons. The number of halogens is 1. The topological polar surface area (TPSA) is 23.5 Å². The molecule has 1 N–H and O–H groups in total. The summed E-state index contributed by atoms with van der Waals surface area (Å²) < 4.78 is 1.05. The lowest BCUT2D eigenvalue weighted by Gasteiger charge is -2.18. The van der Waals surface area contributed by atoms with Gasteiger partial charge in [-0.1, -0.05) is 41.4 Å². The molecule has 1 rings (SSSR count). The van der Waals surface area contributed by atoms with Gasteiger partial charge in [0.05, 0.1) is 6.10 Å². The largest absolute Gasteiger partial charge is 0.388 e. The molecule has 0 saturated carbocycles. The quantitative estimate of drug-likeness (QED) is 0.831. The molecule has 0 amide bonds. The van der Waals surface area contributed by atoms with Crippen molar-refractivity contribution in [2.75, 3.05) is 20.1 Å². The second-order valence-electron chi connectivity index (χ2n) is 4.51. The van der Waals surface area contributed by atoms with Crippen molar-refractivity contribution in [1.82, 2.24) is 4.90 Å². The zero-order chi connectivity index (χ0) is 12.7. The van der Waals surface area contributed by atoms with E-state index in [1.54, 1.807) is 0 Å². The molecule has 0 aromatic heterocycles. The molecule has 3 heteroatoms. The number of nitrogens with zero attached hydrogens (tertiary/aromatic N) is 1. The van der Waals surface area contributed by atoms with Gasteiger partial charge in [-0.2, -0.15) is 0 Å². The average molecular weight is 300 g/mol. The van der Waals surface area contributed by atoms with Gasteiger partial charge in [0.15, 0.2) is 0 Å². The molecule has 17 heavy (non-hydrogen) atoms. The number of hydrogen-bond acceptors (Lipinski definition) is 2. The standard InChI is InChI=1S/C14H22BrNO/c1-3-4-10-16(2)11-9-14(17)12-5-7-13(15)8-6-12/h5-8,14,17H,3-4,9-11H2,1-2H3. The van der Waals surface area contributed by atoms with Crippen molar-refractivity contribution in [3.63, 3.8) is 0 Å². The Labute approximate surface area is 113 Å². The SMILES string of the molecule is CCCCN(C)CCC(O)c1ccc(Br)cc1. The predicted molar refractivity (Wildman–Crippen MR) is 76.1 cm³/mol. The molecule has 0 heterocycles. The highest BCUT2D eigenvalue weighted by atomic mass is 79.9. The van der Waals surface area contributed by atoms with Crippen LogP contribution in [0.15, 0.2) is 28.7 Å². The fourth-order valence-electron chi connectivity index (χ4n) is 1.73. The maximum Gasteiger partial charge on any atom is 0.0802 e. The van der Waals surface area contributed by atoms with Gasteiger partial charge in [-0.25, -0.2) is 0 Å². The predicted octanol–water partition coefficient (Wildman–Crippen LogP) is 3.60. The van der Waals surface area contributed by atoms with Gasteiger partial charge >= 0.3 is 0 Å². The van der Waals surface area contributed by atoms with Crippen molar-refractivity contribution < 1.29 is 5.11 Å². The van der Waals surface area contributed by atoms with Crippen molar-refractivity contribution in [2.24, 2.45) is 0 Å². The van der Waals surface area contributed by atoms with Crippen LogP contribution in [-0.2, 0) is 0 Å². The van der Waals surface area contributed by atoms with E-state index in [0.29, 0.717) is 0 Å². The van der Waals surface area contributed by atoms with Crippen LogP contribution in [0.2, 0.25) is 0 Å². The fraction of sp³-hybridized carbons (Fsp3) is 0.571. The third-order valence-corrected chi connectivity index (χ3v) is 3.46. The first kappa shape index (κ1) is 14.7. The number of hydrogen-bond donors (Lipinski definition) is 1. The Hall–Kier alpha value is -0.380. The molecule has 0 bridgehead atoms. The first-order valence-electron chi connectivity index (χ1n) is 6.25. The van der Waals surface area contributed by atoms with Gasteiger partial charge in [-0.15, -0.1) is 0 Å². The summed E-state index contributed by atoms with van der Waals surface area (Å²) in [7, 11) is 2.12. The molecule has 1 unspecified atom stereocenters. The van der Waals surface area contributed by atoms with Gasteiger partial charge in [-0.3, -0.25) is 0 Å². The zero-order valence-electron chi connectivity index (χ0n) is 10.7.